The number of hydrogen-bond donors (Lipinski definition) is 0. The normalized spacial score (nSPS) is 29.8. The van der Waals surface area contributed by atoms with E-state index in [2.05, 4.69) is 6.58 Å². The van der Waals surface area contributed by atoms with Gasteiger partial charge in [-0.3, -0.25) is 4.79 Å². The lowest BCUT2D eigenvalue weighted by Gasteiger charge is -2.23. The van der Waals surface area contributed by atoms with Crippen LogP contribution in [0.2, 0.25) is 0 Å². The summed E-state index contributed by atoms with van der Waals surface area (Å²) in [6.45, 7) is 9.13. The van der Waals surface area contributed by atoms with Crippen molar-refractivity contribution in [3.8, 4) is 0 Å². The first-order valence-electron chi connectivity index (χ1n) is 4.88. The Balaban J connectivity index is 2.60. The molecule has 0 aliphatic carbocycles. The molecule has 0 amide bonds. The minimum absolute atomic E-state index is 0.0543. The van der Waals surface area contributed by atoms with Gasteiger partial charge < -0.3 is 9.47 Å². The predicted molar refractivity (Wildman–Crippen MR) is 54.0 cm³/mol. The van der Waals surface area contributed by atoms with Gasteiger partial charge in [-0.1, -0.05) is 13.5 Å². The van der Waals surface area contributed by atoms with E-state index in [4.69, 9.17) is 9.47 Å². The predicted octanol–water partition coefficient (Wildman–Crippen LogP) is 1.30. The summed E-state index contributed by atoms with van der Waals surface area (Å²) in [6.07, 6.45) is 0. The van der Waals surface area contributed by atoms with Crippen molar-refractivity contribution < 1.29 is 19.1 Å². The lowest BCUT2D eigenvalue weighted by molar-refractivity contribution is -0.153. The molecule has 1 aliphatic heterocycles. The van der Waals surface area contributed by atoms with Gasteiger partial charge in [-0.05, 0) is 13.8 Å². The van der Waals surface area contributed by atoms with E-state index in [0.29, 0.717) is 12.2 Å². The Morgan fingerprint density at radius 1 is 1.73 bits per heavy atom. The van der Waals surface area contributed by atoms with Crippen molar-refractivity contribution in [2.24, 2.45) is 11.3 Å². The Bertz CT molecular complexity index is 308. The van der Waals surface area contributed by atoms with Crippen LogP contribution in [0.3, 0.4) is 0 Å². The summed E-state index contributed by atoms with van der Waals surface area (Å²) in [4.78, 5) is 22.6. The monoisotopic (exact) mass is 212 g/mol. The minimum Gasteiger partial charge on any atom is -0.465 e. The second kappa shape index (κ2) is 4.04. The largest absolute Gasteiger partial charge is 0.465 e. The van der Waals surface area contributed by atoms with Crippen molar-refractivity contribution in [1.82, 2.24) is 0 Å². The van der Waals surface area contributed by atoms with Gasteiger partial charge in [-0.15, -0.1) is 0 Å². The highest BCUT2D eigenvalue weighted by molar-refractivity contribution is 5.87. The fourth-order valence-corrected chi connectivity index (χ4v) is 1.29. The average molecular weight is 212 g/mol. The van der Waals surface area contributed by atoms with E-state index >= 15 is 0 Å². The molecule has 0 bridgehead atoms. The van der Waals surface area contributed by atoms with Gasteiger partial charge in [0, 0.05) is 11.5 Å². The lowest BCUT2D eigenvalue weighted by atomic mass is 9.81. The number of carbonyl (C=O) groups is 2. The van der Waals surface area contributed by atoms with Gasteiger partial charge in [0.25, 0.3) is 0 Å². The molecule has 0 aromatic rings. The first-order valence-corrected chi connectivity index (χ1v) is 4.88. The molecule has 0 saturated carbocycles. The summed E-state index contributed by atoms with van der Waals surface area (Å²) >= 11 is 0. The summed E-state index contributed by atoms with van der Waals surface area (Å²) in [7, 11) is 0. The van der Waals surface area contributed by atoms with Crippen molar-refractivity contribution in [2.45, 2.75) is 20.8 Å². The Labute approximate surface area is 89.2 Å². The van der Waals surface area contributed by atoms with E-state index in [1.165, 1.54) is 0 Å². The van der Waals surface area contributed by atoms with Gasteiger partial charge in [0.15, 0.2) is 0 Å². The third-order valence-electron chi connectivity index (χ3n) is 2.87. The molecule has 84 valence electrons. The summed E-state index contributed by atoms with van der Waals surface area (Å²) in [5, 5.41) is 0. The first-order chi connectivity index (χ1) is 6.88. The minimum atomic E-state index is -0.717. The molecule has 1 heterocycles. The second-order valence-electron chi connectivity index (χ2n) is 4.27. The number of carbonyl (C=O) groups excluding carboxylic acids is 2. The maximum atomic E-state index is 11.5. The van der Waals surface area contributed by atoms with E-state index in [0.717, 1.165) is 0 Å². The van der Waals surface area contributed by atoms with Crippen LogP contribution < -0.4 is 0 Å². The van der Waals surface area contributed by atoms with Gasteiger partial charge in [0.05, 0.1) is 6.61 Å². The third kappa shape index (κ3) is 2.19. The fraction of sp³-hybridized carbons (Fsp3) is 0.636. The Kier molecular flexibility index (Phi) is 3.17. The molecule has 4 heteroatoms. The SMILES string of the molecule is C=C(C)C(=O)OCC1(C)C(=O)OCC1C. The molecule has 1 aliphatic rings. The maximum absolute atomic E-state index is 11.5. The van der Waals surface area contributed by atoms with Gasteiger partial charge in [0.1, 0.15) is 12.0 Å². The van der Waals surface area contributed by atoms with E-state index in [-0.39, 0.29) is 18.5 Å². The molecule has 1 fully saturated rings. The van der Waals surface area contributed by atoms with Gasteiger partial charge >= 0.3 is 11.9 Å². The lowest BCUT2D eigenvalue weighted by Crippen LogP contribution is -2.34. The average Bonchev–Trinajstić information content (AvgIpc) is 2.43. The summed E-state index contributed by atoms with van der Waals surface area (Å²) < 4.78 is 9.91. The highest BCUT2D eigenvalue weighted by atomic mass is 16.6. The molecular weight excluding hydrogens is 196 g/mol. The van der Waals surface area contributed by atoms with Crippen molar-refractivity contribution in [3.05, 3.63) is 12.2 Å². The molecule has 0 aromatic heterocycles. The fourth-order valence-electron chi connectivity index (χ4n) is 1.29. The van der Waals surface area contributed by atoms with Crippen LogP contribution >= 0.6 is 0 Å². The Hall–Kier alpha value is -1.32. The molecule has 0 aromatic carbocycles. The summed E-state index contributed by atoms with van der Waals surface area (Å²) in [5.41, 5.74) is -0.386. The van der Waals surface area contributed by atoms with Crippen LogP contribution in [0.5, 0.6) is 0 Å². The van der Waals surface area contributed by atoms with E-state index in [1.807, 2.05) is 6.92 Å². The van der Waals surface area contributed by atoms with Crippen LogP contribution in [0, 0.1) is 11.3 Å². The van der Waals surface area contributed by atoms with Crippen molar-refractivity contribution >= 4 is 11.9 Å². The zero-order valence-corrected chi connectivity index (χ0v) is 9.33. The third-order valence-corrected chi connectivity index (χ3v) is 2.87. The zero-order chi connectivity index (χ0) is 11.6. The number of ether oxygens (including phenoxy) is 2. The molecule has 4 nitrogen and oxygen atoms in total. The molecule has 2 unspecified atom stereocenters. The van der Waals surface area contributed by atoms with Gasteiger partial charge in [0.2, 0.25) is 0 Å². The second-order valence-corrected chi connectivity index (χ2v) is 4.27. The highest BCUT2D eigenvalue weighted by Gasteiger charge is 2.47. The van der Waals surface area contributed by atoms with Gasteiger partial charge in [-0.2, -0.15) is 0 Å². The first kappa shape index (κ1) is 11.8. The molecule has 0 N–H and O–H groups in total. The van der Waals surface area contributed by atoms with Crippen molar-refractivity contribution in [2.75, 3.05) is 13.2 Å². The highest BCUT2D eigenvalue weighted by Crippen LogP contribution is 2.35. The van der Waals surface area contributed by atoms with Crippen LogP contribution in [0.15, 0.2) is 12.2 Å². The molecule has 0 spiro atoms. The Morgan fingerprint density at radius 2 is 2.33 bits per heavy atom. The van der Waals surface area contributed by atoms with Gasteiger partial charge in [-0.25, -0.2) is 4.79 Å². The Morgan fingerprint density at radius 3 is 2.73 bits per heavy atom. The molecular formula is C11H16O4. The number of rotatable bonds is 3. The number of esters is 2. The molecule has 1 saturated heterocycles. The summed E-state index contributed by atoms with van der Waals surface area (Å²) in [6, 6.07) is 0. The quantitative estimate of drug-likeness (QED) is 0.522. The number of hydrogen-bond acceptors (Lipinski definition) is 4. The molecule has 2 atom stereocenters. The van der Waals surface area contributed by atoms with E-state index < -0.39 is 11.4 Å². The van der Waals surface area contributed by atoms with Crippen LogP contribution in [-0.4, -0.2) is 25.2 Å². The molecule has 0 radical (unpaired) electrons. The van der Waals surface area contributed by atoms with Crippen LogP contribution in [0.4, 0.5) is 0 Å². The van der Waals surface area contributed by atoms with Crippen LogP contribution in [0.25, 0.3) is 0 Å². The van der Waals surface area contributed by atoms with Crippen molar-refractivity contribution in [3.63, 3.8) is 0 Å². The molecule has 1 rings (SSSR count). The topological polar surface area (TPSA) is 52.6 Å². The van der Waals surface area contributed by atoms with Crippen LogP contribution in [0.1, 0.15) is 20.8 Å². The summed E-state index contributed by atoms with van der Waals surface area (Å²) in [5.74, 6) is -0.712. The molecule has 15 heavy (non-hydrogen) atoms. The standard InChI is InChI=1S/C11H16O4/c1-7(2)9(12)15-6-11(4)8(3)5-14-10(11)13/h8H,1,5-6H2,2-4H3. The smallest absolute Gasteiger partial charge is 0.333 e. The zero-order valence-electron chi connectivity index (χ0n) is 9.33. The van der Waals surface area contributed by atoms with E-state index in [1.54, 1.807) is 13.8 Å². The van der Waals surface area contributed by atoms with Crippen LogP contribution in [-0.2, 0) is 19.1 Å². The maximum Gasteiger partial charge on any atom is 0.333 e. The van der Waals surface area contributed by atoms with Crippen molar-refractivity contribution in [1.29, 1.82) is 0 Å². The van der Waals surface area contributed by atoms with E-state index in [9.17, 15) is 9.59 Å². The number of cyclic esters (lactones) is 1.